The molecule has 12 rings (SSSR count). The number of fused-ring (bicyclic) bond motifs is 6. The third-order valence-corrected chi connectivity index (χ3v) is 11.7. The molecular weight excluding hydrogens is 906 g/mol. The standard InChI is InChI=1S/2C24H16N2.C12H12N2.Ru/c2*1-3-7-17(8-4-1)19-13-15-25-23-21(19)11-12-22-20(14-16-26-24(22)23)18-9-5-2-6-10-18;1-9-3-5-13-11(7-9)12-8-10(2)4-6-14-12;/h2*1-16H;3-8H,1-2H3;. The minimum absolute atomic E-state index is 0. The van der Waals surface area contributed by atoms with Gasteiger partial charge in [0.15, 0.2) is 0 Å². The van der Waals surface area contributed by atoms with Gasteiger partial charge in [0.25, 0.3) is 0 Å². The van der Waals surface area contributed by atoms with Crippen LogP contribution in [-0.2, 0) is 19.5 Å². The first kappa shape index (κ1) is 44.1. The molecule has 6 nitrogen and oxygen atoms in total. The van der Waals surface area contributed by atoms with Gasteiger partial charge in [0.1, 0.15) is 0 Å². The van der Waals surface area contributed by atoms with Crippen LogP contribution in [0.1, 0.15) is 11.1 Å². The fraction of sp³-hybridized carbons (Fsp3) is 0.0333. The zero-order valence-electron chi connectivity index (χ0n) is 37.0. The van der Waals surface area contributed by atoms with Gasteiger partial charge in [-0.3, -0.25) is 29.9 Å². The van der Waals surface area contributed by atoms with Gasteiger partial charge in [-0.1, -0.05) is 146 Å². The van der Waals surface area contributed by atoms with E-state index in [0.717, 1.165) is 55.0 Å². The Balaban J connectivity index is 0.000000131. The van der Waals surface area contributed by atoms with Crippen molar-refractivity contribution >= 4 is 43.6 Å². The van der Waals surface area contributed by atoms with E-state index in [-0.39, 0.29) is 19.5 Å². The minimum Gasteiger partial charge on any atom is -0.255 e. The first-order valence-corrected chi connectivity index (χ1v) is 22.0. The van der Waals surface area contributed by atoms with E-state index in [1.54, 1.807) is 0 Å². The van der Waals surface area contributed by atoms with E-state index >= 15 is 0 Å². The molecule has 12 aromatic rings. The van der Waals surface area contributed by atoms with E-state index in [0.29, 0.717) is 0 Å². The number of benzene rings is 6. The summed E-state index contributed by atoms with van der Waals surface area (Å²) < 4.78 is 0. The first-order chi connectivity index (χ1) is 32.6. The second-order valence-corrected chi connectivity index (χ2v) is 16.1. The average molecular weight is 950 g/mol. The Kier molecular flexibility index (Phi) is 13.4. The van der Waals surface area contributed by atoms with E-state index in [2.05, 4.69) is 189 Å². The molecule has 0 radical (unpaired) electrons. The van der Waals surface area contributed by atoms with Gasteiger partial charge in [-0.25, -0.2) is 0 Å². The second-order valence-electron chi connectivity index (χ2n) is 16.1. The fourth-order valence-corrected chi connectivity index (χ4v) is 8.49. The first-order valence-electron chi connectivity index (χ1n) is 22.0. The molecule has 6 aromatic carbocycles. The van der Waals surface area contributed by atoms with Gasteiger partial charge in [0.2, 0.25) is 0 Å². The van der Waals surface area contributed by atoms with E-state index in [1.165, 1.54) is 55.6 Å². The maximum Gasteiger partial charge on any atom is 0.0970 e. The molecule has 7 heteroatoms. The van der Waals surface area contributed by atoms with E-state index < -0.39 is 0 Å². The number of rotatable bonds is 5. The number of hydrogen-bond acceptors (Lipinski definition) is 6. The van der Waals surface area contributed by atoms with Gasteiger partial charge in [0.05, 0.1) is 33.5 Å². The maximum atomic E-state index is 4.67. The Bertz CT molecular complexity index is 3170. The zero-order chi connectivity index (χ0) is 44.7. The molecule has 0 spiro atoms. The molecule has 0 aliphatic rings. The van der Waals surface area contributed by atoms with Gasteiger partial charge < -0.3 is 0 Å². The number of aromatic nitrogens is 6. The Morgan fingerprint density at radius 2 is 0.493 bits per heavy atom. The number of aryl methyl sites for hydroxylation is 2. The van der Waals surface area contributed by atoms with Crippen LogP contribution in [0.4, 0.5) is 0 Å². The third kappa shape index (κ3) is 9.51. The molecule has 6 heterocycles. The Labute approximate surface area is 403 Å². The van der Waals surface area contributed by atoms with Gasteiger partial charge in [0, 0.05) is 78.2 Å². The fourth-order valence-electron chi connectivity index (χ4n) is 8.49. The number of pyridine rings is 6. The quantitative estimate of drug-likeness (QED) is 0.126. The van der Waals surface area contributed by atoms with Crippen LogP contribution >= 0.6 is 0 Å². The van der Waals surface area contributed by atoms with Crippen LogP contribution in [0.2, 0.25) is 0 Å². The zero-order valence-corrected chi connectivity index (χ0v) is 38.7. The monoisotopic (exact) mass is 950 g/mol. The summed E-state index contributed by atoms with van der Waals surface area (Å²) in [6.07, 6.45) is 11.1. The third-order valence-electron chi connectivity index (χ3n) is 11.7. The molecule has 0 saturated heterocycles. The van der Waals surface area contributed by atoms with Gasteiger partial charge in [-0.15, -0.1) is 0 Å². The van der Waals surface area contributed by atoms with Crippen molar-refractivity contribution in [1.82, 2.24) is 29.9 Å². The predicted octanol–water partition coefficient (Wildman–Crippen LogP) is 15.0. The summed E-state index contributed by atoms with van der Waals surface area (Å²) >= 11 is 0. The Morgan fingerprint density at radius 1 is 0.254 bits per heavy atom. The second kappa shape index (κ2) is 20.4. The van der Waals surface area contributed by atoms with E-state index in [1.807, 2.05) is 85.7 Å². The molecule has 0 bridgehead atoms. The van der Waals surface area contributed by atoms with Crippen LogP contribution in [0.15, 0.2) is 231 Å². The van der Waals surface area contributed by atoms with E-state index in [4.69, 9.17) is 0 Å². The average Bonchev–Trinajstić information content (AvgIpc) is 3.39. The Hall–Kier alpha value is -8.12. The Morgan fingerprint density at radius 3 is 0.731 bits per heavy atom. The van der Waals surface area contributed by atoms with Gasteiger partial charge in [-0.2, -0.15) is 0 Å². The molecule has 0 aliphatic heterocycles. The SMILES string of the molecule is Cc1ccnc(-c2cc(C)ccn2)c1.[Ru].c1ccc(-c2ccnc3c2ccc2c(-c4ccccc4)ccnc23)cc1.c1ccc(-c2ccnc3c2ccc2c(-c4ccccc4)ccnc23)cc1. The maximum absolute atomic E-state index is 4.67. The summed E-state index contributed by atoms with van der Waals surface area (Å²) in [7, 11) is 0. The molecule has 0 fully saturated rings. The normalized spacial score (nSPS) is 10.7. The molecule has 0 saturated carbocycles. The summed E-state index contributed by atoms with van der Waals surface area (Å²) in [5.41, 5.74) is 17.6. The van der Waals surface area contributed by atoms with Crippen molar-refractivity contribution in [2.24, 2.45) is 0 Å². The number of nitrogens with zero attached hydrogens (tertiary/aromatic N) is 6. The van der Waals surface area contributed by atoms with Crippen molar-refractivity contribution in [1.29, 1.82) is 0 Å². The van der Waals surface area contributed by atoms with Crippen molar-refractivity contribution in [3.05, 3.63) is 242 Å². The molecule has 0 amide bonds. The largest absolute Gasteiger partial charge is 0.255 e. The smallest absolute Gasteiger partial charge is 0.0970 e. The molecule has 6 aromatic heterocycles. The van der Waals surface area contributed by atoms with Crippen molar-refractivity contribution < 1.29 is 19.5 Å². The van der Waals surface area contributed by atoms with Crippen molar-refractivity contribution in [2.75, 3.05) is 0 Å². The summed E-state index contributed by atoms with van der Waals surface area (Å²) in [6, 6.07) is 66.7. The predicted molar refractivity (Wildman–Crippen MR) is 273 cm³/mol. The number of hydrogen-bond donors (Lipinski definition) is 0. The molecular formula is C60H44N6Ru. The molecule has 67 heavy (non-hydrogen) atoms. The van der Waals surface area contributed by atoms with Crippen molar-refractivity contribution in [3.8, 4) is 55.9 Å². The molecule has 0 aliphatic carbocycles. The molecule has 0 unspecified atom stereocenters. The van der Waals surface area contributed by atoms with E-state index in [9.17, 15) is 0 Å². The summed E-state index contributed by atoms with van der Waals surface area (Å²) in [5.74, 6) is 0. The van der Waals surface area contributed by atoms with Gasteiger partial charge >= 0.3 is 0 Å². The topological polar surface area (TPSA) is 77.3 Å². The van der Waals surface area contributed by atoms with Crippen LogP contribution in [0.3, 0.4) is 0 Å². The minimum atomic E-state index is 0. The summed E-state index contributed by atoms with van der Waals surface area (Å²) in [4.78, 5) is 27.2. The molecule has 322 valence electrons. The molecule has 0 atom stereocenters. The van der Waals surface area contributed by atoms with Crippen LogP contribution in [0.25, 0.3) is 99.5 Å². The van der Waals surface area contributed by atoms with Crippen LogP contribution in [-0.4, -0.2) is 29.9 Å². The van der Waals surface area contributed by atoms with Crippen molar-refractivity contribution in [3.63, 3.8) is 0 Å². The van der Waals surface area contributed by atoms with Crippen LogP contribution in [0.5, 0.6) is 0 Å². The van der Waals surface area contributed by atoms with Crippen LogP contribution in [0, 0.1) is 13.8 Å². The van der Waals surface area contributed by atoms with Gasteiger partial charge in [-0.05, 0) is 118 Å². The summed E-state index contributed by atoms with van der Waals surface area (Å²) in [6.45, 7) is 4.11. The van der Waals surface area contributed by atoms with Crippen LogP contribution < -0.4 is 0 Å². The van der Waals surface area contributed by atoms with Crippen molar-refractivity contribution in [2.45, 2.75) is 13.8 Å². The molecule has 0 N–H and O–H groups in total. The summed E-state index contributed by atoms with van der Waals surface area (Å²) in [5, 5.41) is 4.51.